The molecule has 8 nitrogen and oxygen atoms in total. The van der Waals surface area contributed by atoms with Gasteiger partial charge in [-0.25, -0.2) is 4.79 Å². The van der Waals surface area contributed by atoms with Gasteiger partial charge in [0, 0.05) is 44.8 Å². The summed E-state index contributed by atoms with van der Waals surface area (Å²) in [7, 11) is 3.68. The van der Waals surface area contributed by atoms with Gasteiger partial charge in [-0.1, -0.05) is 17.7 Å². The first-order valence-electron chi connectivity index (χ1n) is 7.83. The van der Waals surface area contributed by atoms with Crippen LogP contribution in [0.4, 0.5) is 5.95 Å². The van der Waals surface area contributed by atoms with Crippen molar-refractivity contribution in [1.29, 1.82) is 0 Å². The Labute approximate surface area is 144 Å². The second-order valence-corrected chi connectivity index (χ2v) is 6.69. The number of piperazine rings is 1. The third-order valence-electron chi connectivity index (χ3n) is 4.33. The number of H-pyrrole nitrogens is 1. The van der Waals surface area contributed by atoms with Crippen LogP contribution < -0.4 is 16.1 Å². The number of nitrogens with zero attached hydrogens (tertiary/aromatic N) is 5. The number of hydrogen-bond acceptors (Lipinski definition) is 5. The van der Waals surface area contributed by atoms with E-state index in [0.29, 0.717) is 28.7 Å². The lowest BCUT2D eigenvalue weighted by Gasteiger charge is -2.33. The van der Waals surface area contributed by atoms with Crippen LogP contribution in [0.15, 0.2) is 20.7 Å². The zero-order valence-electron chi connectivity index (χ0n) is 14.0. The van der Waals surface area contributed by atoms with E-state index in [4.69, 9.17) is 11.6 Å². The Morgan fingerprint density at radius 1 is 1.25 bits per heavy atom. The third kappa shape index (κ3) is 2.99. The van der Waals surface area contributed by atoms with Gasteiger partial charge in [0.2, 0.25) is 5.95 Å². The number of anilines is 1. The molecule has 0 atom stereocenters. The molecule has 0 amide bonds. The number of allylic oxidation sites excluding steroid dienone is 2. The smallest absolute Gasteiger partial charge is 0.329 e. The highest BCUT2D eigenvalue weighted by atomic mass is 35.5. The molecule has 0 spiro atoms. The highest BCUT2D eigenvalue weighted by Gasteiger charge is 2.23. The average Bonchev–Trinajstić information content (AvgIpc) is 2.91. The fourth-order valence-corrected chi connectivity index (χ4v) is 2.93. The van der Waals surface area contributed by atoms with Crippen LogP contribution in [0.3, 0.4) is 0 Å². The van der Waals surface area contributed by atoms with Gasteiger partial charge in [0.25, 0.3) is 5.56 Å². The number of hydrogen-bond donors (Lipinski definition) is 1. The second-order valence-electron chi connectivity index (χ2n) is 6.09. The van der Waals surface area contributed by atoms with E-state index in [1.807, 2.05) is 10.6 Å². The number of halogens is 1. The molecule has 1 aliphatic rings. The predicted molar refractivity (Wildman–Crippen MR) is 94.9 cm³/mol. The van der Waals surface area contributed by atoms with Crippen molar-refractivity contribution in [3.8, 4) is 0 Å². The maximum atomic E-state index is 12.4. The highest BCUT2D eigenvalue weighted by molar-refractivity contribution is 6.29. The van der Waals surface area contributed by atoms with Gasteiger partial charge in [-0.2, -0.15) is 4.98 Å². The first-order chi connectivity index (χ1) is 11.4. The lowest BCUT2D eigenvalue weighted by molar-refractivity contribution is 0.310. The number of rotatable bonds is 3. The van der Waals surface area contributed by atoms with Crippen LogP contribution in [0.2, 0.25) is 0 Å². The number of fused-ring (bicyclic) bond motifs is 1. The van der Waals surface area contributed by atoms with E-state index < -0.39 is 11.2 Å². The molecule has 0 saturated carbocycles. The van der Waals surface area contributed by atoms with Crippen molar-refractivity contribution in [3.05, 3.63) is 31.9 Å². The largest absolute Gasteiger partial charge is 0.340 e. The number of aryl methyl sites for hydroxylation is 1. The standard InChI is InChI=1S/C15H21ClN6O2/c1-10(16)4-5-22-11-12(20(3)15(24)18-13(11)23)17-14(22)21-8-6-19(2)7-9-21/h4H,5-9H2,1-3H3,(H,18,23,24)/b10-4-. The monoisotopic (exact) mass is 352 g/mol. The van der Waals surface area contributed by atoms with E-state index in [9.17, 15) is 9.59 Å². The first-order valence-corrected chi connectivity index (χ1v) is 8.21. The minimum atomic E-state index is -0.467. The van der Waals surface area contributed by atoms with Crippen LogP contribution >= 0.6 is 11.6 Å². The summed E-state index contributed by atoms with van der Waals surface area (Å²) in [6, 6.07) is 0. The number of aromatic nitrogens is 4. The van der Waals surface area contributed by atoms with Gasteiger partial charge >= 0.3 is 5.69 Å². The lowest BCUT2D eigenvalue weighted by Crippen LogP contribution is -2.45. The molecule has 3 rings (SSSR count). The quantitative estimate of drug-likeness (QED) is 0.860. The molecular weight excluding hydrogens is 332 g/mol. The van der Waals surface area contributed by atoms with Gasteiger partial charge in [-0.3, -0.25) is 14.3 Å². The van der Waals surface area contributed by atoms with Crippen molar-refractivity contribution in [2.24, 2.45) is 7.05 Å². The molecule has 0 unspecified atom stereocenters. The molecule has 1 aliphatic heterocycles. The molecule has 3 heterocycles. The Morgan fingerprint density at radius 3 is 2.54 bits per heavy atom. The van der Waals surface area contributed by atoms with Crippen molar-refractivity contribution >= 4 is 28.7 Å². The van der Waals surface area contributed by atoms with E-state index >= 15 is 0 Å². The van der Waals surface area contributed by atoms with Crippen LogP contribution in [0.5, 0.6) is 0 Å². The van der Waals surface area contributed by atoms with Crippen molar-refractivity contribution in [2.75, 3.05) is 38.1 Å². The third-order valence-corrected chi connectivity index (χ3v) is 4.48. The molecule has 0 aliphatic carbocycles. The van der Waals surface area contributed by atoms with Crippen LogP contribution in [0.1, 0.15) is 6.92 Å². The molecule has 2 aromatic heterocycles. The van der Waals surface area contributed by atoms with Crippen LogP contribution in [-0.2, 0) is 13.6 Å². The fraction of sp³-hybridized carbons (Fsp3) is 0.533. The van der Waals surface area contributed by atoms with Gasteiger partial charge in [0.1, 0.15) is 0 Å². The van der Waals surface area contributed by atoms with E-state index in [1.165, 1.54) is 4.57 Å². The molecule has 1 saturated heterocycles. The van der Waals surface area contributed by atoms with Crippen LogP contribution in [0, 0.1) is 0 Å². The second kappa shape index (κ2) is 6.45. The Hall–Kier alpha value is -2.06. The summed E-state index contributed by atoms with van der Waals surface area (Å²) in [5.41, 5.74) is -0.119. The molecule has 1 fully saturated rings. The molecular formula is C15H21ClN6O2. The van der Waals surface area contributed by atoms with Crippen LogP contribution in [0.25, 0.3) is 11.2 Å². The van der Waals surface area contributed by atoms with E-state index in [0.717, 1.165) is 26.2 Å². The van der Waals surface area contributed by atoms with Gasteiger partial charge in [-0.05, 0) is 14.0 Å². The van der Waals surface area contributed by atoms with Crippen molar-refractivity contribution < 1.29 is 0 Å². The SMILES string of the molecule is C/C(Cl)=C/Cn1c(N2CCN(C)CC2)nc2c1c(=O)[nH]c(=O)n2C. The number of imidazole rings is 1. The Balaban J connectivity index is 2.20. The number of aromatic amines is 1. The Kier molecular flexibility index (Phi) is 4.51. The molecule has 0 aromatic carbocycles. The molecule has 9 heteroatoms. The predicted octanol–water partition coefficient (Wildman–Crippen LogP) is 0.318. The highest BCUT2D eigenvalue weighted by Crippen LogP contribution is 2.21. The average molecular weight is 353 g/mol. The summed E-state index contributed by atoms with van der Waals surface area (Å²) in [6.07, 6.45) is 1.83. The van der Waals surface area contributed by atoms with Crippen LogP contribution in [-0.4, -0.2) is 57.2 Å². The molecule has 24 heavy (non-hydrogen) atoms. The van der Waals surface area contributed by atoms with Gasteiger partial charge in [0.05, 0.1) is 0 Å². The summed E-state index contributed by atoms with van der Waals surface area (Å²) in [5.74, 6) is 0.693. The summed E-state index contributed by atoms with van der Waals surface area (Å²) >= 11 is 5.97. The molecule has 130 valence electrons. The van der Waals surface area contributed by atoms with E-state index in [-0.39, 0.29) is 0 Å². The van der Waals surface area contributed by atoms with Crippen molar-refractivity contribution in [3.63, 3.8) is 0 Å². The summed E-state index contributed by atoms with van der Waals surface area (Å²) in [5, 5.41) is 0.641. The summed E-state index contributed by atoms with van der Waals surface area (Å²) in [4.78, 5) is 35.5. The van der Waals surface area contributed by atoms with Gasteiger partial charge < -0.3 is 14.4 Å². The minimum Gasteiger partial charge on any atom is -0.340 e. The van der Waals surface area contributed by atoms with Crippen molar-refractivity contribution in [2.45, 2.75) is 13.5 Å². The lowest BCUT2D eigenvalue weighted by atomic mass is 10.3. The van der Waals surface area contributed by atoms with E-state index in [2.05, 4.69) is 26.8 Å². The summed E-state index contributed by atoms with van der Waals surface area (Å²) in [6.45, 7) is 5.68. The van der Waals surface area contributed by atoms with Gasteiger partial charge in [-0.15, -0.1) is 0 Å². The summed E-state index contributed by atoms with van der Waals surface area (Å²) < 4.78 is 3.19. The first kappa shape index (κ1) is 16.8. The topological polar surface area (TPSA) is 79.2 Å². The van der Waals surface area contributed by atoms with Gasteiger partial charge in [0.15, 0.2) is 11.2 Å². The minimum absolute atomic E-state index is 0.387. The van der Waals surface area contributed by atoms with Crippen molar-refractivity contribution in [1.82, 2.24) is 24.0 Å². The maximum Gasteiger partial charge on any atom is 0.329 e. The van der Waals surface area contributed by atoms with E-state index in [1.54, 1.807) is 14.0 Å². The molecule has 0 radical (unpaired) electrons. The molecule has 0 bridgehead atoms. The number of nitrogens with one attached hydrogen (secondary N) is 1. The molecule has 2 aromatic rings. The normalized spacial score (nSPS) is 17.0. The zero-order chi connectivity index (χ0) is 17.4. The molecule has 1 N–H and O–H groups in total. The Morgan fingerprint density at radius 2 is 1.92 bits per heavy atom. The Bertz CT molecular complexity index is 897. The fourth-order valence-electron chi connectivity index (χ4n) is 2.86. The zero-order valence-corrected chi connectivity index (χ0v) is 14.8. The maximum absolute atomic E-state index is 12.4. The number of likely N-dealkylation sites (N-methyl/N-ethyl adjacent to an activating group) is 1.